The van der Waals surface area contributed by atoms with Gasteiger partial charge in [-0.3, -0.25) is 4.79 Å². The van der Waals surface area contributed by atoms with Gasteiger partial charge in [-0.2, -0.15) is 0 Å². The second kappa shape index (κ2) is 5.64. The van der Waals surface area contributed by atoms with Gasteiger partial charge in [0.25, 0.3) is 5.91 Å². The first-order valence-electron chi connectivity index (χ1n) is 5.33. The molecule has 0 radical (unpaired) electrons. The van der Waals surface area contributed by atoms with Crippen LogP contribution in [0, 0.1) is 11.6 Å². The zero-order valence-electron chi connectivity index (χ0n) is 9.75. The Bertz CT molecular complexity index is 692. The lowest BCUT2D eigenvalue weighted by molar-refractivity contribution is 0.102. The number of nitrogens with one attached hydrogen (secondary N) is 1. The second-order valence-corrected chi connectivity index (χ2v) is 4.68. The Morgan fingerprint density at radius 2 is 1.75 bits per heavy atom. The van der Waals surface area contributed by atoms with E-state index in [0.29, 0.717) is 12.1 Å². The van der Waals surface area contributed by atoms with Crippen LogP contribution >= 0.6 is 23.2 Å². The molecule has 0 aromatic heterocycles. The molecule has 0 fully saturated rings. The summed E-state index contributed by atoms with van der Waals surface area (Å²) in [6.07, 6.45) is 0. The summed E-state index contributed by atoms with van der Waals surface area (Å²) in [6, 6.07) is 5.35. The van der Waals surface area contributed by atoms with Gasteiger partial charge < -0.3 is 10.4 Å². The molecule has 0 atom stereocenters. The maximum absolute atomic E-state index is 13.5. The van der Waals surface area contributed by atoms with E-state index in [0.717, 1.165) is 0 Å². The molecule has 2 aromatic rings. The molecule has 2 N–H and O–H groups in total. The zero-order chi connectivity index (χ0) is 14.9. The molecule has 7 heteroatoms. The summed E-state index contributed by atoms with van der Waals surface area (Å²) in [5.41, 5.74) is -0.312. The van der Waals surface area contributed by atoms with Crippen LogP contribution in [-0.4, -0.2) is 11.0 Å². The number of rotatable bonds is 2. The van der Waals surface area contributed by atoms with Gasteiger partial charge in [0.1, 0.15) is 17.4 Å². The monoisotopic (exact) mass is 317 g/mol. The molecule has 0 unspecified atom stereocenters. The first-order chi connectivity index (χ1) is 9.38. The number of phenolic OH excluding ortho intramolecular Hbond substituents is 1. The number of carbonyl (C=O) groups is 1. The molecule has 20 heavy (non-hydrogen) atoms. The van der Waals surface area contributed by atoms with Gasteiger partial charge in [0, 0.05) is 11.8 Å². The average Bonchev–Trinajstić information content (AvgIpc) is 2.38. The number of carbonyl (C=O) groups excluding carboxylic acids is 1. The van der Waals surface area contributed by atoms with Crippen molar-refractivity contribution in [3.63, 3.8) is 0 Å². The first kappa shape index (κ1) is 14.6. The van der Waals surface area contributed by atoms with Gasteiger partial charge in [0.05, 0.1) is 15.6 Å². The predicted octanol–water partition coefficient (Wildman–Crippen LogP) is 4.23. The third kappa shape index (κ3) is 3.00. The van der Waals surface area contributed by atoms with E-state index < -0.39 is 28.1 Å². The number of aromatic hydroxyl groups is 1. The van der Waals surface area contributed by atoms with Gasteiger partial charge in [0.2, 0.25) is 0 Å². The van der Waals surface area contributed by atoms with E-state index in [9.17, 15) is 18.7 Å². The maximum atomic E-state index is 13.5. The molecular weight excluding hydrogens is 311 g/mol. The fraction of sp³-hybridized carbons (Fsp3) is 0. The smallest absolute Gasteiger partial charge is 0.258 e. The topological polar surface area (TPSA) is 49.3 Å². The third-order valence-electron chi connectivity index (χ3n) is 2.46. The van der Waals surface area contributed by atoms with E-state index in [1.54, 1.807) is 0 Å². The Balaban J connectivity index is 2.28. The highest BCUT2D eigenvalue weighted by Crippen LogP contribution is 2.27. The van der Waals surface area contributed by atoms with Gasteiger partial charge in [-0.25, -0.2) is 8.78 Å². The fourth-order valence-corrected chi connectivity index (χ4v) is 1.75. The fourth-order valence-electron chi connectivity index (χ4n) is 1.49. The van der Waals surface area contributed by atoms with Crippen LogP contribution < -0.4 is 5.32 Å². The SMILES string of the molecule is O=C(Nc1ccc(Cl)c(O)c1)c1cc(F)c(Cl)cc1F. The van der Waals surface area contributed by atoms with E-state index in [4.69, 9.17) is 23.2 Å². The summed E-state index contributed by atoms with van der Waals surface area (Å²) < 4.78 is 26.8. The van der Waals surface area contributed by atoms with Gasteiger partial charge in [-0.1, -0.05) is 23.2 Å². The van der Waals surface area contributed by atoms with Crippen LogP contribution in [0.4, 0.5) is 14.5 Å². The van der Waals surface area contributed by atoms with Crippen LogP contribution in [0.3, 0.4) is 0 Å². The number of hydrogen-bond acceptors (Lipinski definition) is 2. The molecule has 0 saturated carbocycles. The molecule has 0 aliphatic heterocycles. The molecule has 0 aliphatic rings. The highest BCUT2D eigenvalue weighted by molar-refractivity contribution is 6.32. The molecule has 0 saturated heterocycles. The van der Waals surface area contributed by atoms with Crippen LogP contribution in [0.1, 0.15) is 10.4 Å². The quantitative estimate of drug-likeness (QED) is 0.814. The van der Waals surface area contributed by atoms with E-state index in [-0.39, 0.29) is 16.5 Å². The lowest BCUT2D eigenvalue weighted by Gasteiger charge is -2.08. The van der Waals surface area contributed by atoms with Crippen molar-refractivity contribution in [2.75, 3.05) is 5.32 Å². The van der Waals surface area contributed by atoms with E-state index in [1.807, 2.05) is 0 Å². The van der Waals surface area contributed by atoms with E-state index in [2.05, 4.69) is 5.32 Å². The van der Waals surface area contributed by atoms with Crippen LogP contribution in [0.2, 0.25) is 10.0 Å². The maximum Gasteiger partial charge on any atom is 0.258 e. The normalized spacial score (nSPS) is 10.4. The van der Waals surface area contributed by atoms with Crippen molar-refractivity contribution in [2.45, 2.75) is 0 Å². The predicted molar refractivity (Wildman–Crippen MR) is 72.4 cm³/mol. The number of amides is 1. The Labute approximate surface area is 122 Å². The minimum Gasteiger partial charge on any atom is -0.506 e. The second-order valence-electron chi connectivity index (χ2n) is 3.87. The van der Waals surface area contributed by atoms with Crippen molar-refractivity contribution in [1.82, 2.24) is 0 Å². The lowest BCUT2D eigenvalue weighted by atomic mass is 10.2. The average molecular weight is 318 g/mol. The lowest BCUT2D eigenvalue weighted by Crippen LogP contribution is -2.14. The van der Waals surface area contributed by atoms with Crippen LogP contribution in [0.5, 0.6) is 5.75 Å². The number of benzene rings is 2. The molecule has 0 heterocycles. The highest BCUT2D eigenvalue weighted by atomic mass is 35.5. The molecule has 2 rings (SSSR count). The number of halogens is 4. The van der Waals surface area contributed by atoms with Crippen molar-refractivity contribution < 1.29 is 18.7 Å². The molecule has 1 amide bonds. The Morgan fingerprint density at radius 1 is 1.05 bits per heavy atom. The highest BCUT2D eigenvalue weighted by Gasteiger charge is 2.16. The summed E-state index contributed by atoms with van der Waals surface area (Å²) in [7, 11) is 0. The number of hydrogen-bond donors (Lipinski definition) is 2. The largest absolute Gasteiger partial charge is 0.506 e. The van der Waals surface area contributed by atoms with Crippen molar-refractivity contribution in [2.24, 2.45) is 0 Å². The summed E-state index contributed by atoms with van der Waals surface area (Å²) in [6.45, 7) is 0. The summed E-state index contributed by atoms with van der Waals surface area (Å²) >= 11 is 11.0. The molecule has 0 spiro atoms. The van der Waals surface area contributed by atoms with Crippen LogP contribution in [0.25, 0.3) is 0 Å². The Morgan fingerprint density at radius 3 is 2.40 bits per heavy atom. The minimum absolute atomic E-state index is 0.103. The molecule has 0 bridgehead atoms. The summed E-state index contributed by atoms with van der Waals surface area (Å²) in [5.74, 6) is -2.98. The minimum atomic E-state index is -0.952. The zero-order valence-corrected chi connectivity index (χ0v) is 11.3. The van der Waals surface area contributed by atoms with Gasteiger partial charge >= 0.3 is 0 Å². The van der Waals surface area contributed by atoms with Crippen LogP contribution in [-0.2, 0) is 0 Å². The number of anilines is 1. The van der Waals surface area contributed by atoms with E-state index >= 15 is 0 Å². The third-order valence-corrected chi connectivity index (χ3v) is 3.07. The first-order valence-corrected chi connectivity index (χ1v) is 6.08. The van der Waals surface area contributed by atoms with Gasteiger partial charge in [0.15, 0.2) is 0 Å². The van der Waals surface area contributed by atoms with Crippen molar-refractivity contribution in [3.05, 3.63) is 57.6 Å². The molecular formula is C13H7Cl2F2NO2. The standard InChI is InChI=1S/C13H7Cl2F2NO2/c14-8-2-1-6(3-12(8)19)18-13(20)7-4-11(17)9(15)5-10(7)16/h1-5,19H,(H,18,20). The Hall–Kier alpha value is -1.85. The Kier molecular flexibility index (Phi) is 4.11. The number of phenols is 1. The molecule has 0 aliphatic carbocycles. The van der Waals surface area contributed by atoms with Gasteiger partial charge in [-0.15, -0.1) is 0 Å². The molecule has 104 valence electrons. The van der Waals surface area contributed by atoms with E-state index in [1.165, 1.54) is 18.2 Å². The van der Waals surface area contributed by atoms with Crippen LogP contribution in [0.15, 0.2) is 30.3 Å². The summed E-state index contributed by atoms with van der Waals surface area (Å²) in [4.78, 5) is 11.8. The summed E-state index contributed by atoms with van der Waals surface area (Å²) in [5, 5.41) is 11.4. The molecule has 3 nitrogen and oxygen atoms in total. The van der Waals surface area contributed by atoms with Crippen molar-refractivity contribution in [1.29, 1.82) is 0 Å². The molecule has 2 aromatic carbocycles. The van der Waals surface area contributed by atoms with Crippen molar-refractivity contribution >= 4 is 34.8 Å². The van der Waals surface area contributed by atoms with Crippen molar-refractivity contribution in [3.8, 4) is 5.75 Å². The van der Waals surface area contributed by atoms with Gasteiger partial charge in [-0.05, 0) is 24.3 Å².